The van der Waals surface area contributed by atoms with Gasteiger partial charge >= 0.3 is 6.03 Å². The average Bonchev–Trinajstić information content (AvgIpc) is 2.44. The summed E-state index contributed by atoms with van der Waals surface area (Å²) in [6, 6.07) is 2.77. The summed E-state index contributed by atoms with van der Waals surface area (Å²) in [6.45, 7) is 5.43. The van der Waals surface area contributed by atoms with Gasteiger partial charge in [-0.1, -0.05) is 6.92 Å². The second-order valence-corrected chi connectivity index (χ2v) is 5.50. The molecule has 0 aliphatic carbocycles. The quantitative estimate of drug-likeness (QED) is 0.776. The molecule has 0 unspecified atom stereocenters. The third-order valence-electron chi connectivity index (χ3n) is 3.81. The lowest BCUT2D eigenvalue weighted by atomic mass is 10.1. The Morgan fingerprint density at radius 2 is 2.05 bits per heavy atom. The van der Waals surface area contributed by atoms with Crippen LogP contribution >= 0.6 is 0 Å². The molecule has 0 radical (unpaired) electrons. The zero-order valence-corrected chi connectivity index (χ0v) is 12.2. The van der Waals surface area contributed by atoms with Crippen molar-refractivity contribution in [3.05, 3.63) is 29.8 Å². The van der Waals surface area contributed by atoms with Gasteiger partial charge in [-0.05, 0) is 18.6 Å². The molecule has 1 saturated heterocycles. The summed E-state index contributed by atoms with van der Waals surface area (Å²) in [7, 11) is 0. The molecule has 0 spiro atoms. The third kappa shape index (κ3) is 4.67. The molecular formula is C15H22F2N3O+. The van der Waals surface area contributed by atoms with Gasteiger partial charge in [0.2, 0.25) is 0 Å². The Hall–Kier alpha value is -1.69. The molecule has 1 heterocycles. The molecular weight excluding hydrogens is 276 g/mol. The number of rotatable bonds is 4. The topological polar surface area (TPSA) is 45.6 Å². The van der Waals surface area contributed by atoms with E-state index in [4.69, 9.17) is 0 Å². The van der Waals surface area contributed by atoms with Crippen LogP contribution in [0.1, 0.15) is 26.2 Å². The molecule has 0 atom stereocenters. The van der Waals surface area contributed by atoms with Gasteiger partial charge in [0, 0.05) is 24.9 Å². The number of benzene rings is 1. The molecule has 0 aromatic heterocycles. The summed E-state index contributed by atoms with van der Waals surface area (Å²) in [5.74, 6) is -1.43. The number of quaternary nitrogens is 1. The monoisotopic (exact) mass is 298 g/mol. The first-order valence-corrected chi connectivity index (χ1v) is 7.44. The molecule has 4 nitrogen and oxygen atoms in total. The van der Waals surface area contributed by atoms with E-state index in [2.05, 4.69) is 17.6 Å². The van der Waals surface area contributed by atoms with Crippen LogP contribution in [0.5, 0.6) is 0 Å². The van der Waals surface area contributed by atoms with E-state index in [-0.39, 0.29) is 11.7 Å². The van der Waals surface area contributed by atoms with E-state index in [0.29, 0.717) is 0 Å². The van der Waals surface area contributed by atoms with Crippen LogP contribution in [-0.2, 0) is 0 Å². The number of piperidine rings is 1. The van der Waals surface area contributed by atoms with Crippen LogP contribution in [0.25, 0.3) is 0 Å². The lowest BCUT2D eigenvalue weighted by Crippen LogP contribution is -3.13. The standard InChI is InChI=1S/C15H21F2N3O/c1-2-7-20-8-5-12(6-9-20)18-15(21)19-14-4-3-11(16)10-13(14)17/h3-4,10,12H,2,5-9H2,1H3,(H2,18,19,21)/p+1. The highest BCUT2D eigenvalue weighted by molar-refractivity contribution is 5.89. The molecule has 1 fully saturated rings. The van der Waals surface area contributed by atoms with Gasteiger partial charge in [-0.2, -0.15) is 0 Å². The highest BCUT2D eigenvalue weighted by Crippen LogP contribution is 2.14. The second-order valence-electron chi connectivity index (χ2n) is 5.50. The molecule has 3 N–H and O–H groups in total. The van der Waals surface area contributed by atoms with Crippen LogP contribution in [0.15, 0.2) is 18.2 Å². The maximum absolute atomic E-state index is 13.4. The van der Waals surface area contributed by atoms with E-state index < -0.39 is 17.7 Å². The molecule has 2 rings (SSSR count). The summed E-state index contributed by atoms with van der Waals surface area (Å²) >= 11 is 0. The number of carbonyl (C=O) groups excluding carboxylic acids is 1. The fourth-order valence-corrected chi connectivity index (χ4v) is 2.71. The van der Waals surface area contributed by atoms with Gasteiger partial charge in [0.1, 0.15) is 11.6 Å². The first-order valence-electron chi connectivity index (χ1n) is 7.44. The molecule has 0 saturated carbocycles. The fourth-order valence-electron chi connectivity index (χ4n) is 2.71. The van der Waals surface area contributed by atoms with Crippen molar-refractivity contribution in [3.8, 4) is 0 Å². The van der Waals surface area contributed by atoms with Gasteiger partial charge in [0.05, 0.1) is 25.3 Å². The number of urea groups is 1. The molecule has 116 valence electrons. The van der Waals surface area contributed by atoms with E-state index in [9.17, 15) is 13.6 Å². The van der Waals surface area contributed by atoms with Crippen molar-refractivity contribution in [1.82, 2.24) is 5.32 Å². The van der Waals surface area contributed by atoms with E-state index in [0.717, 1.165) is 44.5 Å². The Labute approximate surface area is 123 Å². The summed E-state index contributed by atoms with van der Waals surface area (Å²) < 4.78 is 26.2. The van der Waals surface area contributed by atoms with E-state index in [1.54, 1.807) is 4.90 Å². The minimum Gasteiger partial charge on any atom is -0.335 e. The summed E-state index contributed by atoms with van der Waals surface area (Å²) in [5.41, 5.74) is -0.0112. The highest BCUT2D eigenvalue weighted by Gasteiger charge is 2.22. The number of hydrogen-bond donors (Lipinski definition) is 3. The van der Waals surface area contributed by atoms with Crippen LogP contribution in [0.4, 0.5) is 19.3 Å². The van der Waals surface area contributed by atoms with Crippen LogP contribution in [-0.4, -0.2) is 31.7 Å². The third-order valence-corrected chi connectivity index (χ3v) is 3.81. The molecule has 0 bridgehead atoms. The minimum absolute atomic E-state index is 0.0112. The van der Waals surface area contributed by atoms with E-state index >= 15 is 0 Å². The van der Waals surface area contributed by atoms with Crippen LogP contribution in [0, 0.1) is 11.6 Å². The smallest absolute Gasteiger partial charge is 0.319 e. The van der Waals surface area contributed by atoms with Gasteiger partial charge in [-0.15, -0.1) is 0 Å². The average molecular weight is 298 g/mol. The molecule has 1 aliphatic heterocycles. The molecule has 1 aliphatic rings. The summed E-state index contributed by atoms with van der Waals surface area (Å²) in [4.78, 5) is 13.4. The number of anilines is 1. The van der Waals surface area contributed by atoms with Crippen molar-refractivity contribution < 1.29 is 18.5 Å². The predicted octanol–water partition coefficient (Wildman–Crippen LogP) is 1.54. The first-order chi connectivity index (χ1) is 10.1. The van der Waals surface area contributed by atoms with Gasteiger partial charge < -0.3 is 15.5 Å². The highest BCUT2D eigenvalue weighted by atomic mass is 19.1. The number of amides is 2. The predicted molar refractivity (Wildman–Crippen MR) is 77.4 cm³/mol. The number of carbonyl (C=O) groups is 1. The number of nitrogens with one attached hydrogen (secondary N) is 3. The SMILES string of the molecule is CCC[NH+]1CCC(NC(=O)Nc2ccc(F)cc2F)CC1. The minimum atomic E-state index is -0.771. The van der Waals surface area contributed by atoms with Crippen molar-refractivity contribution >= 4 is 11.7 Å². The largest absolute Gasteiger partial charge is 0.335 e. The van der Waals surface area contributed by atoms with E-state index in [1.807, 2.05) is 0 Å². The molecule has 1 aromatic rings. The second kappa shape index (κ2) is 7.36. The van der Waals surface area contributed by atoms with Gasteiger partial charge in [0.15, 0.2) is 0 Å². The maximum atomic E-state index is 13.4. The van der Waals surface area contributed by atoms with Gasteiger partial charge in [0.25, 0.3) is 0 Å². The Morgan fingerprint density at radius 1 is 1.33 bits per heavy atom. The summed E-state index contributed by atoms with van der Waals surface area (Å²) in [6.07, 6.45) is 3.01. The van der Waals surface area contributed by atoms with Gasteiger partial charge in [-0.3, -0.25) is 0 Å². The number of halogens is 2. The first kappa shape index (κ1) is 15.7. The van der Waals surface area contributed by atoms with Crippen molar-refractivity contribution in [2.24, 2.45) is 0 Å². The van der Waals surface area contributed by atoms with Crippen molar-refractivity contribution in [3.63, 3.8) is 0 Å². The van der Waals surface area contributed by atoms with Crippen molar-refractivity contribution in [1.29, 1.82) is 0 Å². The van der Waals surface area contributed by atoms with Crippen molar-refractivity contribution in [2.75, 3.05) is 25.0 Å². The zero-order valence-electron chi connectivity index (χ0n) is 12.2. The lowest BCUT2D eigenvalue weighted by Gasteiger charge is -2.29. The lowest BCUT2D eigenvalue weighted by molar-refractivity contribution is -0.905. The normalized spacial score (nSPS) is 21.9. The van der Waals surface area contributed by atoms with Crippen LogP contribution in [0.3, 0.4) is 0 Å². The molecule has 1 aromatic carbocycles. The Morgan fingerprint density at radius 3 is 2.67 bits per heavy atom. The van der Waals surface area contributed by atoms with Crippen LogP contribution < -0.4 is 15.5 Å². The number of likely N-dealkylation sites (tertiary alicyclic amines) is 1. The molecule has 21 heavy (non-hydrogen) atoms. The zero-order chi connectivity index (χ0) is 15.2. The van der Waals surface area contributed by atoms with E-state index in [1.165, 1.54) is 12.6 Å². The Bertz CT molecular complexity index is 488. The van der Waals surface area contributed by atoms with Gasteiger partial charge in [-0.25, -0.2) is 13.6 Å². The fraction of sp³-hybridized carbons (Fsp3) is 0.533. The summed E-state index contributed by atoms with van der Waals surface area (Å²) in [5, 5.41) is 5.27. The Balaban J connectivity index is 1.80. The van der Waals surface area contributed by atoms with Crippen LogP contribution in [0.2, 0.25) is 0 Å². The molecule has 2 amide bonds. The van der Waals surface area contributed by atoms with Crippen molar-refractivity contribution in [2.45, 2.75) is 32.2 Å². The Kier molecular flexibility index (Phi) is 5.50. The maximum Gasteiger partial charge on any atom is 0.319 e. The molecule has 6 heteroatoms. The number of hydrogen-bond acceptors (Lipinski definition) is 1.